The van der Waals surface area contributed by atoms with Crippen LogP contribution in [0.3, 0.4) is 0 Å². The van der Waals surface area contributed by atoms with Crippen LogP contribution in [0.4, 0.5) is 0 Å². The number of nitrogens with zero attached hydrogens (tertiary/aromatic N) is 1. The maximum absolute atomic E-state index is 3.54. The molecule has 0 aliphatic carbocycles. The van der Waals surface area contributed by atoms with Crippen molar-refractivity contribution in [3.05, 3.63) is 0 Å². The van der Waals surface area contributed by atoms with Crippen molar-refractivity contribution in [2.75, 3.05) is 20.6 Å². The Balaban J connectivity index is 3.10. The van der Waals surface area contributed by atoms with Gasteiger partial charge in [-0.1, -0.05) is 22.9 Å². The van der Waals surface area contributed by atoms with Gasteiger partial charge in [-0.25, -0.2) is 0 Å². The Morgan fingerprint density at radius 3 is 2.12 bits per heavy atom. The van der Waals surface area contributed by atoms with Crippen LogP contribution in [0.5, 0.6) is 0 Å². The molecule has 0 amide bonds. The van der Waals surface area contributed by atoms with Crippen LogP contribution in [0.1, 0.15) is 13.3 Å². The molecule has 0 fully saturated rings. The molecule has 8 heavy (non-hydrogen) atoms. The molecule has 0 saturated heterocycles. The monoisotopic (exact) mass is 179 g/mol. The van der Waals surface area contributed by atoms with Crippen molar-refractivity contribution in [3.63, 3.8) is 0 Å². The second kappa shape index (κ2) is 4.33. The van der Waals surface area contributed by atoms with Gasteiger partial charge >= 0.3 is 0 Å². The maximum atomic E-state index is 3.54. The predicted molar refractivity (Wildman–Crippen MR) is 41.6 cm³/mol. The van der Waals surface area contributed by atoms with Crippen LogP contribution >= 0.6 is 15.9 Å². The number of hydrogen-bond donors (Lipinski definition) is 0. The molecule has 0 aliphatic heterocycles. The lowest BCUT2D eigenvalue weighted by Gasteiger charge is -2.12. The van der Waals surface area contributed by atoms with Gasteiger partial charge in [0.15, 0.2) is 0 Å². The molecule has 1 nitrogen and oxygen atoms in total. The third-order valence-corrected chi connectivity index (χ3v) is 1.94. The van der Waals surface area contributed by atoms with Gasteiger partial charge in [0.2, 0.25) is 0 Å². The molecule has 2 heteroatoms. The first kappa shape index (κ1) is 8.44. The highest BCUT2D eigenvalue weighted by Gasteiger charge is 1.99. The molecule has 0 spiro atoms. The van der Waals surface area contributed by atoms with Crippen molar-refractivity contribution in [2.24, 2.45) is 0 Å². The summed E-state index contributed by atoms with van der Waals surface area (Å²) in [5.41, 5.74) is 0. The van der Waals surface area contributed by atoms with Crippen LogP contribution in [-0.2, 0) is 0 Å². The summed E-state index contributed by atoms with van der Waals surface area (Å²) in [6.45, 7) is 3.32. The summed E-state index contributed by atoms with van der Waals surface area (Å²) in [5, 5.41) is 0. The first-order valence-electron chi connectivity index (χ1n) is 2.95. The van der Waals surface area contributed by atoms with E-state index in [-0.39, 0.29) is 0 Å². The van der Waals surface area contributed by atoms with Gasteiger partial charge in [-0.3, -0.25) is 0 Å². The third-order valence-electron chi connectivity index (χ3n) is 1.01. The largest absolute Gasteiger partial charge is 0.308 e. The fraction of sp³-hybridized carbons (Fsp3) is 1.00. The first-order chi connectivity index (χ1) is 3.66. The van der Waals surface area contributed by atoms with Gasteiger partial charge in [-0.15, -0.1) is 0 Å². The Labute approximate surface area is 60.2 Å². The summed E-state index contributed by atoms with van der Waals surface area (Å²) in [5.74, 6) is 0. The van der Waals surface area contributed by atoms with Gasteiger partial charge in [0, 0.05) is 11.4 Å². The average Bonchev–Trinajstić information content (AvgIpc) is 1.65. The van der Waals surface area contributed by atoms with Crippen LogP contribution in [0.15, 0.2) is 0 Å². The van der Waals surface area contributed by atoms with E-state index in [0.29, 0.717) is 4.83 Å². The SMILES string of the molecule is CCC(Br)CN(C)C. The molecular weight excluding hydrogens is 166 g/mol. The van der Waals surface area contributed by atoms with E-state index < -0.39 is 0 Å². The van der Waals surface area contributed by atoms with E-state index in [0.717, 1.165) is 6.54 Å². The molecule has 1 unspecified atom stereocenters. The Morgan fingerprint density at radius 1 is 1.50 bits per heavy atom. The second-order valence-corrected chi connectivity index (χ2v) is 3.56. The maximum Gasteiger partial charge on any atom is 0.0270 e. The van der Waals surface area contributed by atoms with Crippen molar-refractivity contribution < 1.29 is 0 Å². The van der Waals surface area contributed by atoms with E-state index in [2.05, 4.69) is 41.8 Å². The average molecular weight is 180 g/mol. The quantitative estimate of drug-likeness (QED) is 0.597. The van der Waals surface area contributed by atoms with E-state index in [1.165, 1.54) is 6.42 Å². The van der Waals surface area contributed by atoms with Gasteiger partial charge in [-0.2, -0.15) is 0 Å². The number of halogens is 1. The van der Waals surface area contributed by atoms with E-state index in [1.54, 1.807) is 0 Å². The summed E-state index contributed by atoms with van der Waals surface area (Å²) in [6.07, 6.45) is 1.21. The van der Waals surface area contributed by atoms with Crippen molar-refractivity contribution >= 4 is 15.9 Å². The van der Waals surface area contributed by atoms with Crippen LogP contribution < -0.4 is 0 Å². The third kappa shape index (κ3) is 4.60. The summed E-state index contributed by atoms with van der Waals surface area (Å²) in [7, 11) is 4.17. The van der Waals surface area contributed by atoms with Crippen LogP contribution in [-0.4, -0.2) is 30.4 Å². The molecule has 0 rings (SSSR count). The molecular formula is C6H14BrN. The summed E-state index contributed by atoms with van der Waals surface area (Å²) in [4.78, 5) is 2.85. The Morgan fingerprint density at radius 2 is 2.00 bits per heavy atom. The van der Waals surface area contributed by atoms with E-state index in [4.69, 9.17) is 0 Å². The summed E-state index contributed by atoms with van der Waals surface area (Å²) >= 11 is 3.54. The zero-order valence-corrected chi connectivity index (χ0v) is 7.40. The molecule has 50 valence electrons. The van der Waals surface area contributed by atoms with Gasteiger partial charge in [0.05, 0.1) is 0 Å². The minimum atomic E-state index is 0.664. The van der Waals surface area contributed by atoms with Gasteiger partial charge in [-0.05, 0) is 20.5 Å². The van der Waals surface area contributed by atoms with E-state index in [9.17, 15) is 0 Å². The van der Waals surface area contributed by atoms with Gasteiger partial charge in [0.25, 0.3) is 0 Å². The Bertz CT molecular complexity index is 54.5. The highest BCUT2D eigenvalue weighted by Crippen LogP contribution is 2.03. The highest BCUT2D eigenvalue weighted by atomic mass is 79.9. The van der Waals surface area contributed by atoms with E-state index >= 15 is 0 Å². The topological polar surface area (TPSA) is 3.24 Å². The molecule has 0 N–H and O–H groups in total. The van der Waals surface area contributed by atoms with Crippen molar-refractivity contribution in [3.8, 4) is 0 Å². The molecule has 0 saturated carbocycles. The van der Waals surface area contributed by atoms with Crippen LogP contribution in [0.25, 0.3) is 0 Å². The summed E-state index contributed by atoms with van der Waals surface area (Å²) in [6, 6.07) is 0. The molecule has 0 aromatic heterocycles. The smallest absolute Gasteiger partial charge is 0.0270 e. The zero-order valence-electron chi connectivity index (χ0n) is 5.82. The zero-order chi connectivity index (χ0) is 6.57. The second-order valence-electron chi connectivity index (χ2n) is 2.27. The van der Waals surface area contributed by atoms with Gasteiger partial charge in [0.1, 0.15) is 0 Å². The molecule has 0 aliphatic rings. The number of rotatable bonds is 3. The van der Waals surface area contributed by atoms with Crippen LogP contribution in [0, 0.1) is 0 Å². The van der Waals surface area contributed by atoms with Crippen molar-refractivity contribution in [1.29, 1.82) is 0 Å². The molecule has 0 aromatic rings. The molecule has 0 heterocycles. The summed E-state index contributed by atoms with van der Waals surface area (Å²) < 4.78 is 0. The number of hydrogen-bond acceptors (Lipinski definition) is 1. The number of alkyl halides is 1. The molecule has 0 bridgehead atoms. The standard InChI is InChI=1S/C6H14BrN/c1-4-6(7)5-8(2)3/h6H,4-5H2,1-3H3. The minimum Gasteiger partial charge on any atom is -0.308 e. The van der Waals surface area contributed by atoms with E-state index in [1.807, 2.05) is 0 Å². The van der Waals surface area contributed by atoms with Crippen LogP contribution in [0.2, 0.25) is 0 Å². The lowest BCUT2D eigenvalue weighted by atomic mass is 10.3. The lowest BCUT2D eigenvalue weighted by Crippen LogP contribution is -2.20. The minimum absolute atomic E-state index is 0.664. The predicted octanol–water partition coefficient (Wildman–Crippen LogP) is 1.72. The van der Waals surface area contributed by atoms with Gasteiger partial charge < -0.3 is 4.90 Å². The molecule has 0 aromatic carbocycles. The fourth-order valence-corrected chi connectivity index (χ4v) is 1.10. The Kier molecular flexibility index (Phi) is 4.57. The first-order valence-corrected chi connectivity index (χ1v) is 3.87. The normalized spacial score (nSPS) is 14.6. The molecule has 0 radical (unpaired) electrons. The van der Waals surface area contributed by atoms with Crippen molar-refractivity contribution in [2.45, 2.75) is 18.2 Å². The highest BCUT2D eigenvalue weighted by molar-refractivity contribution is 9.09. The van der Waals surface area contributed by atoms with Crippen molar-refractivity contribution in [1.82, 2.24) is 4.90 Å². The molecule has 1 atom stereocenters. The fourth-order valence-electron chi connectivity index (χ4n) is 0.525. The Hall–Kier alpha value is 0.440. The lowest BCUT2D eigenvalue weighted by molar-refractivity contribution is 0.406.